The van der Waals surface area contributed by atoms with Gasteiger partial charge in [-0.1, -0.05) is 65.8 Å². The summed E-state index contributed by atoms with van der Waals surface area (Å²) in [6, 6.07) is 0.429. The maximum Gasteiger partial charge on any atom is 0.0862 e. The van der Waals surface area contributed by atoms with Gasteiger partial charge in [-0.3, -0.25) is 4.99 Å². The highest BCUT2D eigenvalue weighted by molar-refractivity contribution is 6.47. The maximum atomic E-state index is 4.76. The molecule has 1 unspecified atom stereocenters. The Morgan fingerprint density at radius 3 is 2.50 bits per heavy atom. The molecular formula is C23H37N3. The van der Waals surface area contributed by atoms with Gasteiger partial charge in [0.1, 0.15) is 0 Å². The van der Waals surface area contributed by atoms with E-state index in [0.717, 1.165) is 55.6 Å². The molecule has 0 heterocycles. The van der Waals surface area contributed by atoms with Crippen molar-refractivity contribution in [3.05, 3.63) is 36.1 Å². The highest BCUT2D eigenvalue weighted by Crippen LogP contribution is 2.33. The van der Waals surface area contributed by atoms with Crippen molar-refractivity contribution in [1.82, 2.24) is 5.43 Å². The molecule has 2 aliphatic rings. The number of hydrazone groups is 1. The quantitative estimate of drug-likeness (QED) is 0.473. The summed E-state index contributed by atoms with van der Waals surface area (Å²) in [6.07, 6.45) is 12.9. The first-order chi connectivity index (χ1) is 12.0. The van der Waals surface area contributed by atoms with Crippen LogP contribution < -0.4 is 5.43 Å². The molecule has 0 aliphatic heterocycles. The molecule has 0 aromatic rings. The van der Waals surface area contributed by atoms with E-state index in [1.54, 1.807) is 5.57 Å². The smallest absolute Gasteiger partial charge is 0.0862 e. The molecule has 0 spiro atoms. The minimum Gasteiger partial charge on any atom is -0.306 e. The van der Waals surface area contributed by atoms with Crippen LogP contribution in [0.4, 0.5) is 0 Å². The molecule has 0 aromatic carbocycles. The Labute approximate surface area is 160 Å². The Balaban J connectivity index is 2.01. The Morgan fingerprint density at radius 2 is 1.92 bits per heavy atom. The number of nitrogens with one attached hydrogen (secondary N) is 1. The first-order valence-electron chi connectivity index (χ1n) is 9.99. The minimum atomic E-state index is 0.203. The zero-order valence-electron chi connectivity index (χ0n) is 17.7. The van der Waals surface area contributed by atoms with Crippen LogP contribution in [0.1, 0.15) is 80.1 Å². The summed E-state index contributed by atoms with van der Waals surface area (Å²) < 4.78 is 0. The third-order valence-corrected chi connectivity index (χ3v) is 4.89. The number of nitrogens with zero attached hydrogens (tertiary/aromatic N) is 2. The van der Waals surface area contributed by atoms with Gasteiger partial charge < -0.3 is 5.43 Å². The van der Waals surface area contributed by atoms with Crippen LogP contribution in [0.3, 0.4) is 0 Å². The molecule has 0 amide bonds. The topological polar surface area (TPSA) is 36.8 Å². The SMILES string of the molecule is C=C(CC(C)(C)C)/N=C1/C=CCC/C1=N/NC1CC=C(C(C)(C)C)CC1. The Morgan fingerprint density at radius 1 is 1.19 bits per heavy atom. The van der Waals surface area contributed by atoms with E-state index < -0.39 is 0 Å². The highest BCUT2D eigenvalue weighted by Gasteiger charge is 2.22. The summed E-state index contributed by atoms with van der Waals surface area (Å²) in [5.74, 6) is 0. The van der Waals surface area contributed by atoms with Crippen molar-refractivity contribution in [3.63, 3.8) is 0 Å². The van der Waals surface area contributed by atoms with Gasteiger partial charge in [-0.15, -0.1) is 0 Å². The Kier molecular flexibility index (Phi) is 6.65. The van der Waals surface area contributed by atoms with Gasteiger partial charge in [0.05, 0.1) is 11.4 Å². The van der Waals surface area contributed by atoms with Crippen molar-refractivity contribution in [2.24, 2.45) is 20.9 Å². The van der Waals surface area contributed by atoms with Gasteiger partial charge in [-0.05, 0) is 55.4 Å². The molecule has 1 N–H and O–H groups in total. The number of aliphatic imine (C=N–C) groups is 1. The fourth-order valence-electron chi connectivity index (χ4n) is 3.48. The van der Waals surface area contributed by atoms with Crippen LogP contribution in [-0.4, -0.2) is 17.5 Å². The molecular weight excluding hydrogens is 318 g/mol. The molecule has 26 heavy (non-hydrogen) atoms. The van der Waals surface area contributed by atoms with Crippen LogP contribution >= 0.6 is 0 Å². The molecule has 2 aliphatic carbocycles. The summed E-state index contributed by atoms with van der Waals surface area (Å²) in [4.78, 5) is 4.76. The summed E-state index contributed by atoms with van der Waals surface area (Å²) >= 11 is 0. The van der Waals surface area contributed by atoms with Crippen molar-refractivity contribution < 1.29 is 0 Å². The molecule has 0 fully saturated rings. The van der Waals surface area contributed by atoms with E-state index in [2.05, 4.69) is 71.8 Å². The number of hydrogen-bond donors (Lipinski definition) is 1. The molecule has 1 atom stereocenters. The van der Waals surface area contributed by atoms with Crippen LogP contribution in [0, 0.1) is 10.8 Å². The maximum absolute atomic E-state index is 4.76. The average molecular weight is 356 g/mol. The standard InChI is InChI=1S/C23H37N3/c1-17(16-22(2,3)4)24-20-10-8-9-11-21(20)26-25-19-14-12-18(13-15-19)23(5,6)7/h8,10,12,19,25H,1,9,11,13-16H2,2-7H3/b24-20-,26-21-. The molecule has 0 saturated carbocycles. The van der Waals surface area contributed by atoms with E-state index in [1.807, 2.05) is 0 Å². The number of hydrogen-bond acceptors (Lipinski definition) is 3. The third kappa shape index (κ3) is 6.59. The second-order valence-electron chi connectivity index (χ2n) is 9.88. The van der Waals surface area contributed by atoms with Crippen LogP contribution in [0.5, 0.6) is 0 Å². The zero-order valence-corrected chi connectivity index (χ0v) is 17.7. The lowest BCUT2D eigenvalue weighted by atomic mass is 9.79. The van der Waals surface area contributed by atoms with Crippen LogP contribution in [0.25, 0.3) is 0 Å². The van der Waals surface area contributed by atoms with E-state index in [-0.39, 0.29) is 10.8 Å². The summed E-state index contributed by atoms with van der Waals surface area (Å²) in [7, 11) is 0. The normalized spacial score (nSPS) is 24.7. The van der Waals surface area contributed by atoms with Gasteiger partial charge in [-0.2, -0.15) is 5.10 Å². The van der Waals surface area contributed by atoms with E-state index in [0.29, 0.717) is 6.04 Å². The van der Waals surface area contributed by atoms with Crippen molar-refractivity contribution in [1.29, 1.82) is 0 Å². The molecule has 144 valence electrons. The molecule has 3 heteroatoms. The van der Waals surface area contributed by atoms with Crippen LogP contribution in [0.15, 0.2) is 46.2 Å². The second kappa shape index (κ2) is 8.37. The number of rotatable bonds is 4. The predicted octanol–water partition coefficient (Wildman–Crippen LogP) is 6.20. The fraction of sp³-hybridized carbons (Fsp3) is 0.652. The molecule has 0 bridgehead atoms. The zero-order chi connectivity index (χ0) is 19.4. The molecule has 3 nitrogen and oxygen atoms in total. The second-order valence-corrected chi connectivity index (χ2v) is 9.88. The lowest BCUT2D eigenvalue weighted by molar-refractivity contribution is 0.409. The monoisotopic (exact) mass is 355 g/mol. The van der Waals surface area contributed by atoms with Crippen LogP contribution in [-0.2, 0) is 0 Å². The molecule has 2 rings (SSSR count). The van der Waals surface area contributed by atoms with Crippen LogP contribution in [0.2, 0.25) is 0 Å². The van der Waals surface area contributed by atoms with Gasteiger partial charge in [0, 0.05) is 11.7 Å². The first kappa shape index (κ1) is 20.7. The minimum absolute atomic E-state index is 0.203. The molecule has 0 radical (unpaired) electrons. The highest BCUT2D eigenvalue weighted by atomic mass is 15.3. The largest absolute Gasteiger partial charge is 0.306 e. The van der Waals surface area contributed by atoms with E-state index >= 15 is 0 Å². The first-order valence-corrected chi connectivity index (χ1v) is 9.99. The number of allylic oxidation sites excluding steroid dienone is 4. The molecule has 0 aromatic heterocycles. The van der Waals surface area contributed by atoms with E-state index in [9.17, 15) is 0 Å². The van der Waals surface area contributed by atoms with Gasteiger partial charge in [-0.25, -0.2) is 0 Å². The van der Waals surface area contributed by atoms with Crippen molar-refractivity contribution in [2.75, 3.05) is 0 Å². The van der Waals surface area contributed by atoms with Crippen molar-refractivity contribution in [3.8, 4) is 0 Å². The lowest BCUT2D eigenvalue weighted by Gasteiger charge is -2.29. The van der Waals surface area contributed by atoms with E-state index in [1.165, 1.54) is 0 Å². The van der Waals surface area contributed by atoms with Gasteiger partial charge >= 0.3 is 0 Å². The van der Waals surface area contributed by atoms with Crippen molar-refractivity contribution >= 4 is 11.4 Å². The predicted molar refractivity (Wildman–Crippen MR) is 115 cm³/mol. The third-order valence-electron chi connectivity index (χ3n) is 4.89. The van der Waals surface area contributed by atoms with Gasteiger partial charge in [0.25, 0.3) is 0 Å². The fourth-order valence-corrected chi connectivity index (χ4v) is 3.48. The summed E-state index contributed by atoms with van der Waals surface area (Å²) in [6.45, 7) is 17.7. The lowest BCUT2D eigenvalue weighted by Crippen LogP contribution is -2.30. The summed E-state index contributed by atoms with van der Waals surface area (Å²) in [5.41, 5.74) is 8.45. The van der Waals surface area contributed by atoms with Gasteiger partial charge in [0.2, 0.25) is 0 Å². The molecule has 0 saturated heterocycles. The Bertz CT molecular complexity index is 633. The Hall–Kier alpha value is -1.64. The van der Waals surface area contributed by atoms with E-state index in [4.69, 9.17) is 10.1 Å². The average Bonchev–Trinajstić information content (AvgIpc) is 2.52. The van der Waals surface area contributed by atoms with Crippen molar-refractivity contribution in [2.45, 2.75) is 86.1 Å². The van der Waals surface area contributed by atoms with Gasteiger partial charge in [0.15, 0.2) is 0 Å². The summed E-state index contributed by atoms with van der Waals surface area (Å²) in [5, 5.41) is 4.74.